The zero-order valence-corrected chi connectivity index (χ0v) is 23.8. The third-order valence-electron chi connectivity index (χ3n) is 9.87. The van der Waals surface area contributed by atoms with E-state index in [0.29, 0.717) is 48.4 Å². The van der Waals surface area contributed by atoms with Crippen LogP contribution in [0.2, 0.25) is 0 Å². The van der Waals surface area contributed by atoms with Crippen LogP contribution in [0.15, 0.2) is 37.0 Å². The van der Waals surface area contributed by atoms with Gasteiger partial charge in [0.25, 0.3) is 0 Å². The Morgan fingerprint density at radius 1 is 1.12 bits per heavy atom. The first-order valence-electron chi connectivity index (χ1n) is 15.0. The van der Waals surface area contributed by atoms with Crippen molar-refractivity contribution in [1.29, 1.82) is 0 Å². The molecule has 218 valence electrons. The topological polar surface area (TPSA) is 82.2 Å². The number of hydrogen-bond acceptors (Lipinski definition) is 7. The van der Waals surface area contributed by atoms with Crippen LogP contribution in [0.4, 0.5) is 14.6 Å². The average Bonchev–Trinajstić information content (AvgIpc) is 3.75. The second-order valence-electron chi connectivity index (χ2n) is 12.7. The quantitative estimate of drug-likeness (QED) is 0.328. The number of rotatable bonds is 6. The maximum absolute atomic E-state index is 16.8. The Labute approximate surface area is 243 Å². The lowest BCUT2D eigenvalue weighted by Gasteiger charge is -2.34. The highest BCUT2D eigenvalue weighted by molar-refractivity contribution is 6.03. The van der Waals surface area contributed by atoms with Gasteiger partial charge in [0.05, 0.1) is 17.3 Å². The molecule has 0 saturated carbocycles. The number of aromatic nitrogens is 4. The predicted octanol–water partition coefficient (Wildman–Crippen LogP) is 5.24. The van der Waals surface area contributed by atoms with Gasteiger partial charge in [-0.2, -0.15) is 15.1 Å². The summed E-state index contributed by atoms with van der Waals surface area (Å²) in [6, 6.07) is 8.55. The molecule has 4 aliphatic heterocycles. The zero-order chi connectivity index (χ0) is 28.6. The van der Waals surface area contributed by atoms with Crippen molar-refractivity contribution < 1.29 is 13.5 Å². The Bertz CT molecular complexity index is 1710. The Morgan fingerprint density at radius 3 is 2.76 bits per heavy atom. The monoisotopic (exact) mass is 571 g/mol. The molecule has 8 nitrogen and oxygen atoms in total. The van der Waals surface area contributed by atoms with Crippen LogP contribution >= 0.6 is 0 Å². The number of ether oxygens (including phenoxy) is 1. The summed E-state index contributed by atoms with van der Waals surface area (Å²) < 4.78 is 37.6. The largest absolute Gasteiger partial charge is 0.461 e. The summed E-state index contributed by atoms with van der Waals surface area (Å²) >= 11 is 0. The smallest absolute Gasteiger partial charge is 0.319 e. The molecule has 2 aromatic heterocycles. The van der Waals surface area contributed by atoms with Crippen molar-refractivity contribution in [2.75, 3.05) is 37.7 Å². The van der Waals surface area contributed by atoms with E-state index in [1.54, 1.807) is 6.20 Å². The molecule has 8 rings (SSSR count). The van der Waals surface area contributed by atoms with E-state index in [1.165, 1.54) is 0 Å². The van der Waals surface area contributed by atoms with Gasteiger partial charge in [0, 0.05) is 60.0 Å². The molecule has 0 amide bonds. The molecule has 4 aliphatic rings. The van der Waals surface area contributed by atoms with Gasteiger partial charge < -0.3 is 15.0 Å². The van der Waals surface area contributed by atoms with E-state index in [2.05, 4.69) is 31.9 Å². The van der Waals surface area contributed by atoms with Crippen molar-refractivity contribution >= 4 is 33.2 Å². The van der Waals surface area contributed by atoms with E-state index in [9.17, 15) is 4.39 Å². The first kappa shape index (κ1) is 26.0. The highest BCUT2D eigenvalue weighted by Gasteiger charge is 2.49. The van der Waals surface area contributed by atoms with E-state index in [0.717, 1.165) is 72.9 Å². The minimum Gasteiger partial charge on any atom is -0.461 e. The SMILES string of the molecule is C=C(C)c1ccc2[nH]ncc2c1-c1ccc2c(N3CC4CCC(C3)N4)nc(OC[C@@]34CCCN3C[C@H](F)C4)nc2c1F. The number of halogens is 2. The third-order valence-corrected chi connectivity index (χ3v) is 9.87. The Morgan fingerprint density at radius 2 is 1.95 bits per heavy atom. The maximum Gasteiger partial charge on any atom is 0.319 e. The van der Waals surface area contributed by atoms with Gasteiger partial charge in [0.1, 0.15) is 24.1 Å². The fraction of sp³-hybridized carbons (Fsp3) is 0.469. The van der Waals surface area contributed by atoms with Crippen LogP contribution in [0, 0.1) is 5.82 Å². The van der Waals surface area contributed by atoms with Crippen molar-refractivity contribution in [2.24, 2.45) is 0 Å². The second-order valence-corrected chi connectivity index (χ2v) is 12.7. The molecule has 4 fully saturated rings. The molecule has 0 radical (unpaired) electrons. The molecule has 4 saturated heterocycles. The van der Waals surface area contributed by atoms with Crippen molar-refractivity contribution in [3.63, 3.8) is 0 Å². The summed E-state index contributed by atoms with van der Waals surface area (Å²) in [4.78, 5) is 14.0. The first-order valence-corrected chi connectivity index (χ1v) is 15.0. The van der Waals surface area contributed by atoms with Gasteiger partial charge in [-0.15, -0.1) is 0 Å². The number of nitrogens with one attached hydrogen (secondary N) is 2. The predicted molar refractivity (Wildman–Crippen MR) is 160 cm³/mol. The van der Waals surface area contributed by atoms with Crippen molar-refractivity contribution in [1.82, 2.24) is 30.4 Å². The highest BCUT2D eigenvalue weighted by atomic mass is 19.1. The number of benzene rings is 2. The molecule has 4 atom stereocenters. The van der Waals surface area contributed by atoms with Crippen molar-refractivity contribution in [3.05, 3.63) is 48.4 Å². The standard InChI is InChI=1S/C32H35F2N7O/c1-18(2)22-8-9-26-25(13-35-39-26)27(22)23-6-7-24-29(28(23)34)37-31(38-30(24)40-15-20-4-5-21(16-40)36-20)42-17-32-10-3-11-41(32)14-19(33)12-32/h6-9,13,19-21,36H,1,3-5,10-12,14-17H2,2H3,(H,35,39)/t19-,20?,21?,32+/m1/s1. The van der Waals surface area contributed by atoms with Gasteiger partial charge in [-0.25, -0.2) is 8.78 Å². The Hall–Kier alpha value is -3.63. The lowest BCUT2D eigenvalue weighted by Crippen LogP contribution is -2.51. The molecule has 4 aromatic rings. The van der Waals surface area contributed by atoms with Crippen LogP contribution in [0.5, 0.6) is 6.01 Å². The fourth-order valence-electron chi connectivity index (χ4n) is 7.91. The number of fused-ring (bicyclic) bond motifs is 5. The lowest BCUT2D eigenvalue weighted by atomic mass is 9.92. The Kier molecular flexibility index (Phi) is 6.01. The molecule has 2 unspecified atom stereocenters. The van der Waals surface area contributed by atoms with Gasteiger partial charge in [-0.1, -0.05) is 24.3 Å². The number of allylic oxidation sites excluding steroid dienone is 1. The number of nitrogens with zero attached hydrogens (tertiary/aromatic N) is 5. The Balaban J connectivity index is 1.26. The summed E-state index contributed by atoms with van der Waals surface area (Å²) in [5.41, 5.74) is 3.55. The fourth-order valence-corrected chi connectivity index (χ4v) is 7.91. The molecule has 0 spiro atoms. The van der Waals surface area contributed by atoms with E-state index >= 15 is 4.39 Å². The molecule has 0 aliphatic carbocycles. The van der Waals surface area contributed by atoms with Crippen LogP contribution < -0.4 is 15.0 Å². The van der Waals surface area contributed by atoms with E-state index < -0.39 is 12.0 Å². The molecule has 42 heavy (non-hydrogen) atoms. The van der Waals surface area contributed by atoms with Gasteiger partial charge in [-0.05, 0) is 56.8 Å². The van der Waals surface area contributed by atoms with Crippen molar-refractivity contribution in [2.45, 2.75) is 62.8 Å². The van der Waals surface area contributed by atoms with Crippen molar-refractivity contribution in [3.8, 4) is 17.1 Å². The van der Waals surface area contributed by atoms with Crippen LogP contribution in [0.1, 0.15) is 44.6 Å². The zero-order valence-electron chi connectivity index (χ0n) is 23.8. The molecule has 2 N–H and O–H groups in total. The number of alkyl halides is 1. The summed E-state index contributed by atoms with van der Waals surface area (Å²) in [7, 11) is 0. The average molecular weight is 572 g/mol. The van der Waals surface area contributed by atoms with E-state index in [4.69, 9.17) is 14.7 Å². The lowest BCUT2D eigenvalue weighted by molar-refractivity contribution is 0.107. The summed E-state index contributed by atoms with van der Waals surface area (Å²) in [6.45, 7) is 9.27. The summed E-state index contributed by atoms with van der Waals surface area (Å²) in [6.07, 6.45) is 5.46. The number of anilines is 1. The van der Waals surface area contributed by atoms with Crippen LogP contribution in [0.3, 0.4) is 0 Å². The summed E-state index contributed by atoms with van der Waals surface area (Å²) in [5, 5.41) is 12.4. The van der Waals surface area contributed by atoms with Gasteiger partial charge in [0.15, 0.2) is 5.82 Å². The van der Waals surface area contributed by atoms with Gasteiger partial charge in [0.2, 0.25) is 0 Å². The number of aromatic amines is 1. The maximum atomic E-state index is 16.8. The molecule has 6 heterocycles. The van der Waals surface area contributed by atoms with Gasteiger partial charge in [-0.3, -0.25) is 10.00 Å². The number of H-pyrrole nitrogens is 1. The minimum absolute atomic E-state index is 0.143. The van der Waals surface area contributed by atoms with Crippen LogP contribution in [-0.2, 0) is 0 Å². The normalized spacial score (nSPS) is 27.3. The second kappa shape index (κ2) is 9.70. The molecule has 10 heteroatoms. The molecule has 2 aromatic carbocycles. The van der Waals surface area contributed by atoms with E-state index in [-0.39, 0.29) is 17.1 Å². The number of piperazine rings is 1. The number of hydrogen-bond donors (Lipinski definition) is 2. The first-order chi connectivity index (χ1) is 20.4. The highest BCUT2D eigenvalue weighted by Crippen LogP contribution is 2.42. The molecular formula is C32H35F2N7O. The van der Waals surface area contributed by atoms with Gasteiger partial charge >= 0.3 is 6.01 Å². The molecular weight excluding hydrogens is 536 g/mol. The summed E-state index contributed by atoms with van der Waals surface area (Å²) in [5.74, 6) is 0.261. The molecule has 2 bridgehead atoms. The third kappa shape index (κ3) is 4.10. The van der Waals surface area contributed by atoms with Crippen LogP contribution in [-0.4, -0.2) is 81.6 Å². The minimum atomic E-state index is -0.855. The van der Waals surface area contributed by atoms with E-state index in [1.807, 2.05) is 31.2 Å². The van der Waals surface area contributed by atoms with Crippen LogP contribution in [0.25, 0.3) is 38.5 Å².